The zero-order valence-electron chi connectivity index (χ0n) is 19.3. The first kappa shape index (κ1) is 23.6. The fraction of sp³-hybridized carbons (Fsp3) is 0.417. The highest BCUT2D eigenvalue weighted by Gasteiger charge is 2.81. The summed E-state index contributed by atoms with van der Waals surface area (Å²) in [4.78, 5) is 51.6. The van der Waals surface area contributed by atoms with Crippen molar-refractivity contribution >= 4 is 29.2 Å². The molecule has 194 valence electrons. The number of carbonyl (C=O) groups is 4. The van der Waals surface area contributed by atoms with E-state index in [4.69, 9.17) is 0 Å². The number of amides is 3. The molecule has 2 aliphatic heterocycles. The van der Waals surface area contributed by atoms with Gasteiger partial charge in [0.1, 0.15) is 11.2 Å². The lowest BCUT2D eigenvalue weighted by Crippen LogP contribution is -2.69. The van der Waals surface area contributed by atoms with E-state index in [2.05, 4.69) is 16.0 Å². The molecule has 0 radical (unpaired) electrons. The topological polar surface area (TPSA) is 109 Å². The molecule has 3 heterocycles. The number of halogens is 5. The predicted octanol–water partition coefficient (Wildman–Crippen LogP) is 2.58. The van der Waals surface area contributed by atoms with Crippen LogP contribution >= 0.6 is 0 Å². The number of anilines is 1. The number of benzene rings is 1. The van der Waals surface area contributed by atoms with E-state index in [1.807, 2.05) is 0 Å². The van der Waals surface area contributed by atoms with E-state index in [1.165, 1.54) is 14.0 Å². The molecular formula is C24H19F5N4O4. The summed E-state index contributed by atoms with van der Waals surface area (Å²) in [5.74, 6) is -11.5. The molecule has 5 aliphatic rings. The van der Waals surface area contributed by atoms with Gasteiger partial charge in [-0.2, -0.15) is 0 Å². The van der Waals surface area contributed by atoms with Crippen LogP contribution in [0.15, 0.2) is 12.1 Å². The third kappa shape index (κ3) is 3.12. The van der Waals surface area contributed by atoms with Crippen molar-refractivity contribution in [3.05, 3.63) is 52.1 Å². The smallest absolute Gasteiger partial charge is 0.293 e. The van der Waals surface area contributed by atoms with Crippen LogP contribution < -0.4 is 16.0 Å². The quantitative estimate of drug-likeness (QED) is 0.235. The molecule has 3 aliphatic carbocycles. The molecule has 7 rings (SSSR count). The van der Waals surface area contributed by atoms with Crippen molar-refractivity contribution in [3.63, 3.8) is 0 Å². The van der Waals surface area contributed by atoms with Crippen molar-refractivity contribution in [2.75, 3.05) is 12.4 Å². The van der Waals surface area contributed by atoms with Gasteiger partial charge in [-0.3, -0.25) is 19.2 Å². The maximum Gasteiger partial charge on any atom is 0.293 e. The molecule has 8 nitrogen and oxygen atoms in total. The molecule has 3 fully saturated rings. The molecule has 2 unspecified atom stereocenters. The first-order chi connectivity index (χ1) is 17.3. The summed E-state index contributed by atoms with van der Waals surface area (Å²) in [5, 5.41) is 6.70. The van der Waals surface area contributed by atoms with Crippen molar-refractivity contribution in [1.29, 1.82) is 0 Å². The van der Waals surface area contributed by atoms with Gasteiger partial charge in [-0.05, 0) is 24.3 Å². The summed E-state index contributed by atoms with van der Waals surface area (Å²) in [5.41, 5.74) is -1.76. The lowest BCUT2D eigenvalue weighted by atomic mass is 9.72. The van der Waals surface area contributed by atoms with Crippen molar-refractivity contribution in [2.24, 2.45) is 11.8 Å². The van der Waals surface area contributed by atoms with Gasteiger partial charge in [-0.1, -0.05) is 0 Å². The summed E-state index contributed by atoms with van der Waals surface area (Å²) in [7, 11) is 1.22. The van der Waals surface area contributed by atoms with Gasteiger partial charge in [-0.15, -0.1) is 0 Å². The standard InChI is InChI=1S/C24H19F5N4O4/c1-7-11(19(34)21(36)32-23(22(37)30-2)5-24(28,29)6-23)17-12-13-14(12)18(13)33(17)16(7)20(35)31-8-3-9(25)15(27)10(26)4-8/h3-4,12-14,18H,5-6H2,1-2H3,(H,30,37)(H,31,35)(H,32,36)/t12?,13-,14?,18-/m0/s1. The van der Waals surface area contributed by atoms with Crippen molar-refractivity contribution in [2.45, 2.75) is 43.2 Å². The summed E-state index contributed by atoms with van der Waals surface area (Å²) in [6.07, 6.45) is -1.92. The third-order valence-electron chi connectivity index (χ3n) is 7.91. The fourth-order valence-corrected chi connectivity index (χ4v) is 6.21. The normalized spacial score (nSPS) is 26.4. The molecule has 1 aromatic carbocycles. The first-order valence-electron chi connectivity index (χ1n) is 11.5. The molecular weight excluding hydrogens is 503 g/mol. The minimum atomic E-state index is -3.18. The van der Waals surface area contributed by atoms with Crippen molar-refractivity contribution < 1.29 is 41.1 Å². The summed E-state index contributed by atoms with van der Waals surface area (Å²) >= 11 is 0. The number of likely N-dealkylation sites (N-methyl/N-ethyl adjacent to an activating group) is 1. The second kappa shape index (κ2) is 7.17. The zero-order chi connectivity index (χ0) is 26.8. The molecule has 3 saturated carbocycles. The number of alkyl halides is 2. The second-order valence-electron chi connectivity index (χ2n) is 10.1. The number of Topliss-reactive ketones (excluding diaryl/α,β-unsaturated/α-hetero) is 1. The number of carbonyl (C=O) groups excluding carboxylic acids is 4. The Morgan fingerprint density at radius 2 is 1.62 bits per heavy atom. The van der Waals surface area contributed by atoms with Crippen LogP contribution in [0.1, 0.15) is 56.9 Å². The van der Waals surface area contributed by atoms with Gasteiger partial charge in [0.25, 0.3) is 23.5 Å². The Hall–Kier alpha value is -3.77. The Balaban J connectivity index is 1.31. The monoisotopic (exact) mass is 522 g/mol. The molecule has 13 heteroatoms. The largest absolute Gasteiger partial charge is 0.357 e. The molecule has 2 bridgehead atoms. The molecule has 3 amide bonds. The summed E-state index contributed by atoms with van der Waals surface area (Å²) in [6.45, 7) is 1.42. The molecule has 2 aromatic rings. The van der Waals surface area contributed by atoms with E-state index in [9.17, 15) is 41.1 Å². The van der Waals surface area contributed by atoms with Gasteiger partial charge in [0.05, 0.1) is 5.56 Å². The van der Waals surface area contributed by atoms with Crippen molar-refractivity contribution in [1.82, 2.24) is 15.2 Å². The molecule has 37 heavy (non-hydrogen) atoms. The van der Waals surface area contributed by atoms with Crippen LogP contribution in [0.25, 0.3) is 0 Å². The average Bonchev–Trinajstić information content (AvgIpc) is 3.60. The Labute approximate surface area is 205 Å². The zero-order valence-corrected chi connectivity index (χ0v) is 19.3. The summed E-state index contributed by atoms with van der Waals surface area (Å²) < 4.78 is 69.4. The Bertz CT molecular complexity index is 1430. The number of nitrogens with zero attached hydrogens (tertiary/aromatic N) is 1. The van der Waals surface area contributed by atoms with Crippen LogP contribution in [-0.2, 0) is 9.59 Å². The van der Waals surface area contributed by atoms with Crippen LogP contribution in [0, 0.1) is 36.2 Å². The summed E-state index contributed by atoms with van der Waals surface area (Å²) in [6, 6.07) is 1.15. The Kier molecular flexibility index (Phi) is 4.57. The minimum Gasteiger partial charge on any atom is -0.357 e. The highest BCUT2D eigenvalue weighted by Crippen LogP contribution is 2.86. The number of aromatic nitrogens is 1. The molecule has 0 saturated heterocycles. The van der Waals surface area contributed by atoms with E-state index in [0.717, 1.165) is 0 Å². The molecule has 1 aromatic heterocycles. The van der Waals surface area contributed by atoms with E-state index in [-0.39, 0.29) is 46.3 Å². The maximum absolute atomic E-state index is 13.6. The van der Waals surface area contributed by atoms with Gasteiger partial charge in [0, 0.05) is 55.4 Å². The van der Waals surface area contributed by atoms with E-state index >= 15 is 0 Å². The van der Waals surface area contributed by atoms with Crippen LogP contribution in [0.4, 0.5) is 27.6 Å². The highest BCUT2D eigenvalue weighted by molar-refractivity contribution is 6.44. The van der Waals surface area contributed by atoms with Gasteiger partial charge < -0.3 is 20.5 Å². The maximum atomic E-state index is 13.6. The van der Waals surface area contributed by atoms with Gasteiger partial charge in [0.15, 0.2) is 17.5 Å². The van der Waals surface area contributed by atoms with Crippen LogP contribution in [0.3, 0.4) is 0 Å². The Morgan fingerprint density at radius 1 is 1.03 bits per heavy atom. The van der Waals surface area contributed by atoms with Crippen LogP contribution in [0.5, 0.6) is 0 Å². The number of hydrogen-bond acceptors (Lipinski definition) is 4. The highest BCUT2D eigenvalue weighted by atomic mass is 19.3. The fourth-order valence-electron chi connectivity index (χ4n) is 6.21. The second-order valence-corrected chi connectivity index (χ2v) is 10.1. The number of rotatable bonds is 6. The number of hydrogen-bond donors (Lipinski definition) is 3. The van der Waals surface area contributed by atoms with Gasteiger partial charge >= 0.3 is 0 Å². The van der Waals surface area contributed by atoms with Crippen LogP contribution in [0.2, 0.25) is 0 Å². The molecule has 4 atom stereocenters. The van der Waals surface area contributed by atoms with Crippen LogP contribution in [-0.4, -0.2) is 46.6 Å². The molecule has 3 N–H and O–H groups in total. The lowest BCUT2D eigenvalue weighted by molar-refractivity contribution is -0.164. The Morgan fingerprint density at radius 3 is 2.16 bits per heavy atom. The van der Waals surface area contributed by atoms with E-state index in [0.29, 0.717) is 17.8 Å². The minimum absolute atomic E-state index is 0.00461. The van der Waals surface area contributed by atoms with Crippen molar-refractivity contribution in [3.8, 4) is 0 Å². The third-order valence-corrected chi connectivity index (χ3v) is 7.91. The lowest BCUT2D eigenvalue weighted by Gasteiger charge is -2.45. The van der Waals surface area contributed by atoms with E-state index in [1.54, 1.807) is 4.57 Å². The first-order valence-corrected chi connectivity index (χ1v) is 11.5. The average molecular weight is 522 g/mol. The van der Waals surface area contributed by atoms with Gasteiger partial charge in [-0.25, -0.2) is 22.0 Å². The SMILES string of the molecule is CNC(=O)C1(NC(=O)C(=O)c2c(C)c(C(=O)Nc3cc(F)c(F)c(F)c3)n3c2C2C4[C@H]2[C@@H]43)CC(F)(F)C1. The number of nitrogens with one attached hydrogen (secondary N) is 3. The number of ketones is 1. The molecule has 0 spiro atoms. The van der Waals surface area contributed by atoms with Gasteiger partial charge in [0.2, 0.25) is 5.91 Å². The van der Waals surface area contributed by atoms with E-state index < -0.39 is 65.3 Å². The predicted molar refractivity (Wildman–Crippen MR) is 116 cm³/mol.